The van der Waals surface area contributed by atoms with E-state index in [0.29, 0.717) is 16.8 Å². The maximum atomic E-state index is 12.8. The van der Waals surface area contributed by atoms with Gasteiger partial charge in [0.1, 0.15) is 0 Å². The first-order valence-corrected chi connectivity index (χ1v) is 9.30. The molecule has 0 bridgehead atoms. The summed E-state index contributed by atoms with van der Waals surface area (Å²) in [6, 6.07) is 25.1. The number of anilines is 1. The van der Waals surface area contributed by atoms with Gasteiger partial charge in [-0.25, -0.2) is 0 Å². The highest BCUT2D eigenvalue weighted by Gasteiger charge is 2.12. The topological polar surface area (TPSA) is 32.7 Å². The van der Waals surface area contributed by atoms with E-state index in [2.05, 4.69) is 48.0 Å². The van der Waals surface area contributed by atoms with Gasteiger partial charge >= 0.3 is 0 Å². The summed E-state index contributed by atoms with van der Waals surface area (Å²) in [5, 5.41) is 0. The van der Waals surface area contributed by atoms with Gasteiger partial charge in [-0.15, -0.1) is 0 Å². The van der Waals surface area contributed by atoms with Crippen LogP contribution in [0, 0.1) is 0 Å². The molecule has 0 aliphatic carbocycles. The molecule has 0 atom stereocenters. The van der Waals surface area contributed by atoms with Gasteiger partial charge in [0.15, 0.2) is 5.78 Å². The number of carbonyl (C=O) groups is 1. The van der Waals surface area contributed by atoms with E-state index in [4.69, 9.17) is 0 Å². The third kappa shape index (κ3) is 4.50. The normalized spacial score (nSPS) is 10.9. The average Bonchev–Trinajstić information content (AvgIpc) is 2.74. The largest absolute Gasteiger partial charge is 0.372 e. The van der Waals surface area contributed by atoms with Crippen LogP contribution in [0.3, 0.4) is 0 Å². The molecule has 0 spiro atoms. The summed E-state index contributed by atoms with van der Waals surface area (Å²) in [7, 11) is 0. The fraction of sp³-hybridized carbons (Fsp3) is 0.167. The van der Waals surface area contributed by atoms with Crippen LogP contribution in [0.4, 0.5) is 11.4 Å². The SMILES string of the molecule is CCN(CC)c1ccc(C=Nc2ccccc2C(=O)c2ccccc2)cc1. The number of nitrogens with zero attached hydrogens (tertiary/aromatic N) is 2. The fourth-order valence-electron chi connectivity index (χ4n) is 3.03. The zero-order valence-corrected chi connectivity index (χ0v) is 15.8. The number of rotatable bonds is 7. The second kappa shape index (κ2) is 8.95. The van der Waals surface area contributed by atoms with E-state index in [1.165, 1.54) is 5.69 Å². The zero-order valence-electron chi connectivity index (χ0n) is 15.8. The molecule has 27 heavy (non-hydrogen) atoms. The van der Waals surface area contributed by atoms with Crippen molar-refractivity contribution in [3.05, 3.63) is 95.6 Å². The van der Waals surface area contributed by atoms with Crippen LogP contribution in [0.25, 0.3) is 0 Å². The van der Waals surface area contributed by atoms with Crippen LogP contribution in [0.2, 0.25) is 0 Å². The lowest BCUT2D eigenvalue weighted by molar-refractivity contribution is 0.103. The number of aliphatic imine (C=N–C) groups is 1. The summed E-state index contributed by atoms with van der Waals surface area (Å²) in [6.45, 7) is 6.27. The summed E-state index contributed by atoms with van der Waals surface area (Å²) in [5.41, 5.74) is 4.17. The Labute approximate surface area is 161 Å². The molecule has 3 aromatic carbocycles. The van der Waals surface area contributed by atoms with E-state index in [0.717, 1.165) is 18.7 Å². The lowest BCUT2D eigenvalue weighted by Gasteiger charge is -2.20. The minimum Gasteiger partial charge on any atom is -0.372 e. The Bertz CT molecular complexity index is 911. The van der Waals surface area contributed by atoms with E-state index >= 15 is 0 Å². The lowest BCUT2D eigenvalue weighted by Crippen LogP contribution is -2.21. The van der Waals surface area contributed by atoms with Crippen LogP contribution in [-0.2, 0) is 0 Å². The Hall–Kier alpha value is -3.20. The molecule has 136 valence electrons. The zero-order chi connectivity index (χ0) is 19.1. The van der Waals surface area contributed by atoms with Gasteiger partial charge < -0.3 is 4.90 Å². The summed E-state index contributed by atoms with van der Waals surface area (Å²) in [6.07, 6.45) is 1.81. The Morgan fingerprint density at radius 1 is 0.852 bits per heavy atom. The molecular weight excluding hydrogens is 332 g/mol. The summed E-state index contributed by atoms with van der Waals surface area (Å²) < 4.78 is 0. The van der Waals surface area contributed by atoms with Crippen LogP contribution in [0.15, 0.2) is 83.9 Å². The molecule has 0 N–H and O–H groups in total. The molecule has 3 aromatic rings. The third-order valence-electron chi connectivity index (χ3n) is 4.56. The fourth-order valence-corrected chi connectivity index (χ4v) is 3.03. The van der Waals surface area contributed by atoms with Gasteiger partial charge in [-0.1, -0.05) is 54.6 Å². The van der Waals surface area contributed by atoms with Crippen LogP contribution in [-0.4, -0.2) is 25.1 Å². The summed E-state index contributed by atoms with van der Waals surface area (Å²) >= 11 is 0. The van der Waals surface area contributed by atoms with Crippen molar-refractivity contribution >= 4 is 23.4 Å². The van der Waals surface area contributed by atoms with Gasteiger partial charge in [-0.05, 0) is 43.7 Å². The van der Waals surface area contributed by atoms with Crippen molar-refractivity contribution in [2.45, 2.75) is 13.8 Å². The van der Waals surface area contributed by atoms with Crippen molar-refractivity contribution in [3.8, 4) is 0 Å². The number of para-hydroxylation sites is 1. The molecule has 0 aliphatic rings. The molecule has 3 nitrogen and oxygen atoms in total. The van der Waals surface area contributed by atoms with E-state index < -0.39 is 0 Å². The van der Waals surface area contributed by atoms with Gasteiger partial charge in [0.2, 0.25) is 0 Å². The van der Waals surface area contributed by atoms with Gasteiger partial charge in [0, 0.05) is 36.1 Å². The first kappa shape index (κ1) is 18.6. The molecule has 0 aliphatic heterocycles. The smallest absolute Gasteiger partial charge is 0.195 e. The van der Waals surface area contributed by atoms with Crippen molar-refractivity contribution < 1.29 is 4.79 Å². The summed E-state index contributed by atoms with van der Waals surface area (Å²) in [4.78, 5) is 19.7. The van der Waals surface area contributed by atoms with E-state index in [-0.39, 0.29) is 5.78 Å². The molecule has 0 fully saturated rings. The van der Waals surface area contributed by atoms with Gasteiger partial charge in [0.25, 0.3) is 0 Å². The van der Waals surface area contributed by atoms with Gasteiger partial charge in [-0.2, -0.15) is 0 Å². The molecule has 0 radical (unpaired) electrons. The molecule has 0 saturated carbocycles. The molecule has 3 rings (SSSR count). The Balaban J connectivity index is 1.83. The van der Waals surface area contributed by atoms with Crippen LogP contribution < -0.4 is 4.90 Å². The molecule has 3 heteroatoms. The highest BCUT2D eigenvalue weighted by molar-refractivity contribution is 6.12. The van der Waals surface area contributed by atoms with Crippen molar-refractivity contribution in [2.24, 2.45) is 4.99 Å². The number of hydrogen-bond donors (Lipinski definition) is 0. The molecular formula is C24H24N2O. The van der Waals surface area contributed by atoms with E-state index in [1.54, 1.807) is 0 Å². The highest BCUT2D eigenvalue weighted by atomic mass is 16.1. The molecule has 0 saturated heterocycles. The Morgan fingerprint density at radius 3 is 2.15 bits per heavy atom. The van der Waals surface area contributed by atoms with E-state index in [9.17, 15) is 4.79 Å². The molecule has 0 aromatic heterocycles. The lowest BCUT2D eigenvalue weighted by atomic mass is 10.0. The molecule has 0 amide bonds. The maximum absolute atomic E-state index is 12.8. The minimum absolute atomic E-state index is 0.0137. The second-order valence-corrected chi connectivity index (χ2v) is 6.23. The summed E-state index contributed by atoms with van der Waals surface area (Å²) in [5.74, 6) is -0.0137. The van der Waals surface area contributed by atoms with E-state index in [1.807, 2.05) is 60.8 Å². The number of carbonyl (C=O) groups excluding carboxylic acids is 1. The van der Waals surface area contributed by atoms with Crippen molar-refractivity contribution in [1.29, 1.82) is 0 Å². The quantitative estimate of drug-likeness (QED) is 0.413. The van der Waals surface area contributed by atoms with Crippen LogP contribution in [0.5, 0.6) is 0 Å². The molecule has 0 unspecified atom stereocenters. The predicted molar refractivity (Wildman–Crippen MR) is 114 cm³/mol. The van der Waals surface area contributed by atoms with Crippen LogP contribution in [0.1, 0.15) is 35.3 Å². The number of hydrogen-bond acceptors (Lipinski definition) is 3. The average molecular weight is 356 g/mol. The van der Waals surface area contributed by atoms with Gasteiger partial charge in [-0.3, -0.25) is 9.79 Å². The number of benzene rings is 3. The third-order valence-corrected chi connectivity index (χ3v) is 4.56. The second-order valence-electron chi connectivity index (χ2n) is 6.23. The Morgan fingerprint density at radius 2 is 1.48 bits per heavy atom. The number of ketones is 1. The van der Waals surface area contributed by atoms with Gasteiger partial charge in [0.05, 0.1) is 5.69 Å². The van der Waals surface area contributed by atoms with Crippen molar-refractivity contribution in [1.82, 2.24) is 0 Å². The predicted octanol–water partition coefficient (Wildman–Crippen LogP) is 5.51. The van der Waals surface area contributed by atoms with Crippen LogP contribution >= 0.6 is 0 Å². The van der Waals surface area contributed by atoms with Crippen molar-refractivity contribution in [3.63, 3.8) is 0 Å². The molecule has 0 heterocycles. The maximum Gasteiger partial charge on any atom is 0.195 e. The monoisotopic (exact) mass is 356 g/mol. The first-order valence-electron chi connectivity index (χ1n) is 9.30. The van der Waals surface area contributed by atoms with Crippen molar-refractivity contribution in [2.75, 3.05) is 18.0 Å². The standard InChI is InChI=1S/C24H24N2O/c1-3-26(4-2)21-16-14-19(15-17-21)18-25-23-13-9-8-12-22(23)24(27)20-10-6-5-7-11-20/h5-18H,3-4H2,1-2H3. The Kier molecular flexibility index (Phi) is 6.16. The minimum atomic E-state index is -0.0137. The first-order chi connectivity index (χ1) is 13.2. The highest BCUT2D eigenvalue weighted by Crippen LogP contribution is 2.22.